The Morgan fingerprint density at radius 1 is 1.03 bits per heavy atom. The minimum Gasteiger partial charge on any atom is -0.496 e. The Morgan fingerprint density at radius 3 is 2.61 bits per heavy atom. The van der Waals surface area contributed by atoms with Crippen molar-refractivity contribution >= 4 is 17.6 Å². The van der Waals surface area contributed by atoms with Crippen molar-refractivity contribution in [2.24, 2.45) is 0 Å². The highest BCUT2D eigenvalue weighted by Gasteiger charge is 2.13. The van der Waals surface area contributed by atoms with Gasteiger partial charge in [-0.1, -0.05) is 24.3 Å². The van der Waals surface area contributed by atoms with Gasteiger partial charge in [0.05, 0.1) is 24.6 Å². The maximum absolute atomic E-state index is 13.5. The molecule has 8 nitrogen and oxygen atoms in total. The Kier molecular flexibility index (Phi) is 5.19. The second-order valence-electron chi connectivity index (χ2n) is 7.17. The highest BCUT2D eigenvalue weighted by atomic mass is 19.1. The van der Waals surface area contributed by atoms with Crippen molar-refractivity contribution in [2.45, 2.75) is 0 Å². The van der Waals surface area contributed by atoms with Gasteiger partial charge < -0.3 is 20.2 Å². The van der Waals surface area contributed by atoms with Crippen LogP contribution in [0.3, 0.4) is 0 Å². The van der Waals surface area contributed by atoms with Crippen LogP contribution in [-0.2, 0) is 0 Å². The van der Waals surface area contributed by atoms with Crippen LogP contribution in [-0.4, -0.2) is 26.9 Å². The van der Waals surface area contributed by atoms with E-state index in [0.717, 1.165) is 22.4 Å². The number of hydrogen-bond donors (Lipinski definition) is 2. The molecule has 3 N–H and O–H groups in total. The zero-order valence-corrected chi connectivity index (χ0v) is 17.6. The van der Waals surface area contributed by atoms with Gasteiger partial charge in [0, 0.05) is 11.8 Å². The van der Waals surface area contributed by atoms with Crippen LogP contribution in [0, 0.1) is 5.82 Å². The molecule has 0 aliphatic rings. The first-order chi connectivity index (χ1) is 16.1. The average Bonchev–Trinajstić information content (AvgIpc) is 3.49. The highest BCUT2D eigenvalue weighted by molar-refractivity contribution is 5.71. The van der Waals surface area contributed by atoms with Crippen LogP contribution in [0.1, 0.15) is 0 Å². The first-order valence-electron chi connectivity index (χ1n) is 10.0. The summed E-state index contributed by atoms with van der Waals surface area (Å²) in [6.45, 7) is 0. The van der Waals surface area contributed by atoms with Crippen LogP contribution < -0.4 is 15.8 Å². The van der Waals surface area contributed by atoms with Gasteiger partial charge in [0.25, 0.3) is 0 Å². The lowest BCUT2D eigenvalue weighted by Gasteiger charge is -2.09. The van der Waals surface area contributed by atoms with E-state index >= 15 is 0 Å². The normalized spacial score (nSPS) is 10.8. The van der Waals surface area contributed by atoms with Crippen LogP contribution in [0.15, 0.2) is 83.7 Å². The molecule has 0 atom stereocenters. The maximum Gasteiger partial charge on any atom is 0.248 e. The minimum absolute atomic E-state index is 0.223. The number of oxazole rings is 1. The molecule has 0 saturated carbocycles. The van der Waals surface area contributed by atoms with Gasteiger partial charge in [-0.15, -0.1) is 5.10 Å². The maximum atomic E-state index is 13.5. The fourth-order valence-corrected chi connectivity index (χ4v) is 3.48. The predicted octanol–water partition coefficient (Wildman–Crippen LogP) is 5.06. The molecule has 0 saturated heterocycles. The number of rotatable bonds is 6. The molecule has 5 rings (SSSR count). The summed E-state index contributed by atoms with van der Waals surface area (Å²) in [7, 11) is 1.58. The van der Waals surface area contributed by atoms with Crippen molar-refractivity contribution in [3.63, 3.8) is 0 Å². The second-order valence-corrected chi connectivity index (χ2v) is 7.17. The monoisotopic (exact) mass is 442 g/mol. The third-order valence-corrected chi connectivity index (χ3v) is 5.06. The molecule has 0 aliphatic heterocycles. The van der Waals surface area contributed by atoms with Crippen LogP contribution in [0.4, 0.5) is 22.0 Å². The van der Waals surface area contributed by atoms with Gasteiger partial charge in [-0.2, -0.15) is 9.67 Å². The molecule has 2 aromatic heterocycles. The SMILES string of the molecule is COc1cc(Nc2nc(N)n(-c3ccc(-c4cccc(F)c4)cc3)n2)ccc1-c1cnco1. The van der Waals surface area contributed by atoms with E-state index in [1.54, 1.807) is 19.4 Å². The van der Waals surface area contributed by atoms with Gasteiger partial charge in [0.2, 0.25) is 11.9 Å². The average molecular weight is 442 g/mol. The molecule has 0 fully saturated rings. The molecule has 0 bridgehead atoms. The van der Waals surface area contributed by atoms with E-state index in [9.17, 15) is 4.39 Å². The summed E-state index contributed by atoms with van der Waals surface area (Å²) >= 11 is 0. The largest absolute Gasteiger partial charge is 0.496 e. The number of hydrogen-bond acceptors (Lipinski definition) is 7. The minimum atomic E-state index is -0.279. The van der Waals surface area contributed by atoms with Gasteiger partial charge in [-0.05, 0) is 47.5 Å². The van der Waals surface area contributed by atoms with E-state index in [1.807, 2.05) is 48.5 Å². The van der Waals surface area contributed by atoms with Crippen LogP contribution in [0.5, 0.6) is 5.75 Å². The lowest BCUT2D eigenvalue weighted by Crippen LogP contribution is -2.02. The van der Waals surface area contributed by atoms with Crippen LogP contribution in [0.2, 0.25) is 0 Å². The number of nitrogens with two attached hydrogens (primary N) is 1. The third kappa shape index (κ3) is 4.11. The molecule has 0 radical (unpaired) electrons. The number of aromatic nitrogens is 4. The first-order valence-corrected chi connectivity index (χ1v) is 10.0. The molecule has 0 aliphatic carbocycles. The van der Waals surface area contributed by atoms with Gasteiger partial charge in [-0.25, -0.2) is 9.37 Å². The van der Waals surface area contributed by atoms with Crippen molar-refractivity contribution in [1.82, 2.24) is 19.7 Å². The number of anilines is 3. The molecule has 2 heterocycles. The van der Waals surface area contributed by atoms with Crippen LogP contribution >= 0.6 is 0 Å². The zero-order valence-electron chi connectivity index (χ0n) is 17.6. The number of nitrogen functional groups attached to an aromatic ring is 1. The Morgan fingerprint density at radius 2 is 1.88 bits per heavy atom. The van der Waals surface area contributed by atoms with E-state index in [0.29, 0.717) is 23.1 Å². The van der Waals surface area contributed by atoms with Crippen molar-refractivity contribution < 1.29 is 13.5 Å². The Bertz CT molecular complexity index is 1400. The fraction of sp³-hybridized carbons (Fsp3) is 0.0417. The molecule has 0 spiro atoms. The Balaban J connectivity index is 1.38. The Labute approximate surface area is 188 Å². The van der Waals surface area contributed by atoms with E-state index in [4.69, 9.17) is 14.9 Å². The summed E-state index contributed by atoms with van der Waals surface area (Å²) < 4.78 is 25.9. The summed E-state index contributed by atoms with van der Waals surface area (Å²) in [5, 5.41) is 7.59. The lowest BCUT2D eigenvalue weighted by molar-refractivity contribution is 0.415. The summed E-state index contributed by atoms with van der Waals surface area (Å²) in [5.41, 5.74) is 9.99. The standard InChI is InChI=1S/C24H19FN6O2/c1-32-21-12-18(7-10-20(21)22-13-27-14-33-22)28-24-29-23(26)31(30-24)19-8-5-15(6-9-19)16-3-2-4-17(25)11-16/h2-14H,1H3,(H3,26,28,29,30). The number of benzene rings is 3. The molecular formula is C24H19FN6O2. The van der Waals surface area contributed by atoms with Crippen molar-refractivity contribution in [1.29, 1.82) is 0 Å². The van der Waals surface area contributed by atoms with Gasteiger partial charge in [0.15, 0.2) is 12.2 Å². The number of methoxy groups -OCH3 is 1. The van der Waals surface area contributed by atoms with Gasteiger partial charge in [-0.3, -0.25) is 0 Å². The smallest absolute Gasteiger partial charge is 0.248 e. The third-order valence-electron chi connectivity index (χ3n) is 5.06. The van der Waals surface area contributed by atoms with E-state index in [-0.39, 0.29) is 11.8 Å². The summed E-state index contributed by atoms with van der Waals surface area (Å²) in [4.78, 5) is 8.24. The molecule has 0 amide bonds. The van der Waals surface area contributed by atoms with Crippen molar-refractivity contribution in [3.05, 3.63) is 85.1 Å². The second kappa shape index (κ2) is 8.46. The van der Waals surface area contributed by atoms with Crippen molar-refractivity contribution in [3.8, 4) is 33.9 Å². The topological polar surface area (TPSA) is 104 Å². The van der Waals surface area contributed by atoms with E-state index < -0.39 is 0 Å². The van der Waals surface area contributed by atoms with Gasteiger partial charge >= 0.3 is 0 Å². The summed E-state index contributed by atoms with van der Waals surface area (Å²) in [5.74, 6) is 1.49. The molecule has 5 aromatic rings. The Hall–Kier alpha value is -4.66. The number of nitrogens with one attached hydrogen (secondary N) is 1. The summed E-state index contributed by atoms with van der Waals surface area (Å²) in [6, 6.07) is 19.4. The molecule has 9 heteroatoms. The fourth-order valence-electron chi connectivity index (χ4n) is 3.48. The van der Waals surface area contributed by atoms with Crippen molar-refractivity contribution in [2.75, 3.05) is 18.2 Å². The summed E-state index contributed by atoms with van der Waals surface area (Å²) in [6.07, 6.45) is 2.99. The number of ether oxygens (including phenoxy) is 1. The highest BCUT2D eigenvalue weighted by Crippen LogP contribution is 2.33. The lowest BCUT2D eigenvalue weighted by atomic mass is 10.1. The molecule has 0 unspecified atom stereocenters. The quantitative estimate of drug-likeness (QED) is 0.379. The molecule has 164 valence electrons. The molecular weight excluding hydrogens is 423 g/mol. The number of halogens is 1. The van der Waals surface area contributed by atoms with Crippen LogP contribution in [0.25, 0.3) is 28.1 Å². The molecule has 3 aromatic carbocycles. The number of nitrogens with zero attached hydrogens (tertiary/aromatic N) is 4. The zero-order chi connectivity index (χ0) is 22.8. The van der Waals surface area contributed by atoms with E-state index in [1.165, 1.54) is 23.2 Å². The van der Waals surface area contributed by atoms with E-state index in [2.05, 4.69) is 20.4 Å². The first kappa shape index (κ1) is 20.3. The molecule has 33 heavy (non-hydrogen) atoms. The predicted molar refractivity (Wildman–Crippen MR) is 123 cm³/mol. The van der Waals surface area contributed by atoms with Gasteiger partial charge in [0.1, 0.15) is 11.6 Å².